The molecule has 11 heteroatoms. The van der Waals surface area contributed by atoms with Crippen LogP contribution >= 0.6 is 11.6 Å². The van der Waals surface area contributed by atoms with E-state index in [2.05, 4.69) is 10.3 Å². The molecule has 0 spiro atoms. The van der Waals surface area contributed by atoms with Crippen LogP contribution in [0.5, 0.6) is 5.88 Å². The minimum absolute atomic E-state index is 0.202. The summed E-state index contributed by atoms with van der Waals surface area (Å²) in [6, 6.07) is 10.9. The molecule has 3 rings (SSSR count). The number of benzene rings is 1. The summed E-state index contributed by atoms with van der Waals surface area (Å²) in [6.45, 7) is 0.0799. The summed E-state index contributed by atoms with van der Waals surface area (Å²) in [6.07, 6.45) is -6.00. The van der Waals surface area contributed by atoms with Crippen LogP contribution in [0, 0.1) is 11.3 Å². The van der Waals surface area contributed by atoms with Crippen LogP contribution in [0.25, 0.3) is 0 Å². The van der Waals surface area contributed by atoms with E-state index in [4.69, 9.17) is 26.3 Å². The Bertz CT molecular complexity index is 966. The minimum atomic E-state index is -4.74. The number of rotatable bonds is 6. The largest absolute Gasteiger partial charge is 0.473 e. The summed E-state index contributed by atoms with van der Waals surface area (Å²) >= 11 is 5.75. The molecule has 1 unspecified atom stereocenters. The molecule has 1 aliphatic rings. The molecule has 1 aromatic heterocycles. The molecular formula is C21H20ClF3N4O3. The number of nitrogens with zero attached hydrogens (tertiary/aromatic N) is 3. The van der Waals surface area contributed by atoms with Crippen LogP contribution < -0.4 is 10.1 Å². The molecule has 1 fully saturated rings. The van der Waals surface area contributed by atoms with E-state index in [9.17, 15) is 18.0 Å². The first-order chi connectivity index (χ1) is 15.2. The van der Waals surface area contributed by atoms with Gasteiger partial charge in [0.1, 0.15) is 6.10 Å². The lowest BCUT2D eigenvalue weighted by Crippen LogP contribution is -2.49. The second kappa shape index (κ2) is 10.5. The zero-order valence-electron chi connectivity index (χ0n) is 16.8. The highest BCUT2D eigenvalue weighted by Gasteiger charge is 2.44. The number of piperidine rings is 1. The molecule has 0 aliphatic carbocycles. The average Bonchev–Trinajstić information content (AvgIpc) is 2.75. The van der Waals surface area contributed by atoms with Gasteiger partial charge in [0.05, 0.1) is 11.6 Å². The summed E-state index contributed by atoms with van der Waals surface area (Å²) in [5.41, 5.74) is 0.638. The smallest absolute Gasteiger partial charge is 0.426 e. The molecule has 0 bridgehead atoms. The number of carbonyl (C=O) groups is 1. The van der Waals surface area contributed by atoms with Gasteiger partial charge < -0.3 is 9.47 Å². The van der Waals surface area contributed by atoms with Crippen LogP contribution in [-0.2, 0) is 4.74 Å². The van der Waals surface area contributed by atoms with E-state index >= 15 is 0 Å². The SMILES string of the molecule is N#Cc1ccnc(O[C@H]2CCCN(CC(OC(=O)Nc3ccc(Cl)cc3)C(F)(F)F)C2)c1. The maximum Gasteiger partial charge on any atom is 0.426 e. The van der Waals surface area contributed by atoms with Gasteiger partial charge in [-0.05, 0) is 49.7 Å². The third kappa shape index (κ3) is 7.00. The highest BCUT2D eigenvalue weighted by Crippen LogP contribution is 2.26. The van der Waals surface area contributed by atoms with Crippen LogP contribution in [0.15, 0.2) is 42.6 Å². The van der Waals surface area contributed by atoms with Crippen molar-refractivity contribution in [1.29, 1.82) is 5.26 Å². The van der Waals surface area contributed by atoms with Gasteiger partial charge in [-0.3, -0.25) is 10.2 Å². The molecule has 2 aromatic rings. The molecule has 1 amide bonds. The number of nitrogens with one attached hydrogen (secondary N) is 1. The van der Waals surface area contributed by atoms with Crippen molar-refractivity contribution in [3.8, 4) is 11.9 Å². The maximum absolute atomic E-state index is 13.5. The Morgan fingerprint density at radius 3 is 2.78 bits per heavy atom. The first-order valence-corrected chi connectivity index (χ1v) is 10.2. The van der Waals surface area contributed by atoms with Crippen molar-refractivity contribution >= 4 is 23.4 Å². The number of halogens is 4. The van der Waals surface area contributed by atoms with Gasteiger partial charge in [0.2, 0.25) is 12.0 Å². The van der Waals surface area contributed by atoms with Gasteiger partial charge in [0.15, 0.2) is 0 Å². The number of anilines is 1. The number of hydrogen-bond acceptors (Lipinski definition) is 6. The molecule has 170 valence electrons. The van der Waals surface area contributed by atoms with Crippen molar-refractivity contribution in [2.45, 2.75) is 31.2 Å². The van der Waals surface area contributed by atoms with Gasteiger partial charge in [0.25, 0.3) is 0 Å². The molecular weight excluding hydrogens is 449 g/mol. The maximum atomic E-state index is 13.5. The van der Waals surface area contributed by atoms with Gasteiger partial charge in [0, 0.05) is 36.1 Å². The predicted molar refractivity (Wildman–Crippen MR) is 110 cm³/mol. The molecule has 1 aromatic carbocycles. The zero-order valence-corrected chi connectivity index (χ0v) is 17.6. The van der Waals surface area contributed by atoms with Crippen LogP contribution in [-0.4, -0.2) is 54.0 Å². The summed E-state index contributed by atoms with van der Waals surface area (Å²) in [4.78, 5) is 17.6. The first kappa shape index (κ1) is 23.6. The van der Waals surface area contributed by atoms with Crippen LogP contribution in [0.3, 0.4) is 0 Å². The number of pyridine rings is 1. The first-order valence-electron chi connectivity index (χ1n) is 9.78. The van der Waals surface area contributed by atoms with Crippen molar-refractivity contribution in [1.82, 2.24) is 9.88 Å². The molecule has 1 saturated heterocycles. The predicted octanol–water partition coefficient (Wildman–Crippen LogP) is 4.63. The third-order valence-electron chi connectivity index (χ3n) is 4.74. The van der Waals surface area contributed by atoms with Gasteiger partial charge in [-0.25, -0.2) is 9.78 Å². The van der Waals surface area contributed by atoms with Crippen molar-refractivity contribution in [3.05, 3.63) is 53.2 Å². The summed E-state index contributed by atoms with van der Waals surface area (Å²) in [7, 11) is 0. The second-order valence-corrected chi connectivity index (χ2v) is 7.64. The second-order valence-electron chi connectivity index (χ2n) is 7.20. The standard InChI is InChI=1S/C21H20ClF3N4O3/c22-15-3-5-16(6-4-15)28-20(30)32-18(21(23,24)25)13-29-9-1-2-17(12-29)31-19-10-14(11-26)7-8-27-19/h3-8,10,17-18H,1-2,9,12-13H2,(H,28,30)/t17-,18?/m0/s1. The number of nitriles is 1. The normalized spacial score (nSPS) is 17.8. The van der Waals surface area contributed by atoms with E-state index in [0.717, 1.165) is 0 Å². The van der Waals surface area contributed by atoms with E-state index in [1.165, 1.54) is 47.5 Å². The summed E-state index contributed by atoms with van der Waals surface area (Å²) < 4.78 is 51.0. The number of likely N-dealkylation sites (tertiary alicyclic amines) is 1. The van der Waals surface area contributed by atoms with E-state index < -0.39 is 31.0 Å². The molecule has 7 nitrogen and oxygen atoms in total. The third-order valence-corrected chi connectivity index (χ3v) is 4.99. The number of alkyl halides is 3. The van der Waals surface area contributed by atoms with Crippen LogP contribution in [0.4, 0.5) is 23.7 Å². The van der Waals surface area contributed by atoms with E-state index in [-0.39, 0.29) is 18.1 Å². The van der Waals surface area contributed by atoms with Crippen molar-refractivity contribution in [2.24, 2.45) is 0 Å². The Labute approximate surface area is 187 Å². The number of aromatic nitrogens is 1. The molecule has 0 radical (unpaired) electrons. The zero-order chi connectivity index (χ0) is 23.1. The fourth-order valence-corrected chi connectivity index (χ4v) is 3.37. The Hall–Kier alpha value is -3.03. The lowest BCUT2D eigenvalue weighted by Gasteiger charge is -2.34. The van der Waals surface area contributed by atoms with E-state index in [1.807, 2.05) is 6.07 Å². The summed E-state index contributed by atoms with van der Waals surface area (Å²) in [5, 5.41) is 11.7. The monoisotopic (exact) mass is 468 g/mol. The van der Waals surface area contributed by atoms with Crippen molar-refractivity contribution in [2.75, 3.05) is 25.0 Å². The average molecular weight is 469 g/mol. The van der Waals surface area contributed by atoms with Gasteiger partial charge in [-0.1, -0.05) is 11.6 Å². The summed E-state index contributed by atoms with van der Waals surface area (Å²) in [5.74, 6) is 0.238. The number of carbonyl (C=O) groups excluding carboxylic acids is 1. The van der Waals surface area contributed by atoms with Gasteiger partial charge in [-0.15, -0.1) is 0 Å². The van der Waals surface area contributed by atoms with Crippen LogP contribution in [0.2, 0.25) is 5.02 Å². The van der Waals surface area contributed by atoms with Gasteiger partial charge in [-0.2, -0.15) is 18.4 Å². The Morgan fingerprint density at radius 1 is 1.34 bits per heavy atom. The molecule has 2 atom stereocenters. The Kier molecular flexibility index (Phi) is 7.77. The quantitative estimate of drug-likeness (QED) is 0.665. The van der Waals surface area contributed by atoms with E-state index in [1.54, 1.807) is 0 Å². The Morgan fingerprint density at radius 2 is 2.09 bits per heavy atom. The van der Waals surface area contributed by atoms with E-state index in [0.29, 0.717) is 30.0 Å². The molecule has 2 heterocycles. The molecule has 1 N–H and O–H groups in total. The molecule has 0 saturated carbocycles. The highest BCUT2D eigenvalue weighted by atomic mass is 35.5. The molecule has 32 heavy (non-hydrogen) atoms. The minimum Gasteiger partial charge on any atom is -0.473 e. The lowest BCUT2D eigenvalue weighted by atomic mass is 10.1. The van der Waals surface area contributed by atoms with Crippen molar-refractivity contribution in [3.63, 3.8) is 0 Å². The molecule has 1 aliphatic heterocycles. The van der Waals surface area contributed by atoms with Crippen molar-refractivity contribution < 1.29 is 27.4 Å². The Balaban J connectivity index is 1.58. The number of hydrogen-bond donors (Lipinski definition) is 1. The highest BCUT2D eigenvalue weighted by molar-refractivity contribution is 6.30. The lowest BCUT2D eigenvalue weighted by molar-refractivity contribution is -0.207. The fourth-order valence-electron chi connectivity index (χ4n) is 3.24. The number of amides is 1. The van der Waals surface area contributed by atoms with Crippen LogP contribution in [0.1, 0.15) is 18.4 Å². The number of ether oxygens (including phenoxy) is 2. The van der Waals surface area contributed by atoms with Gasteiger partial charge >= 0.3 is 12.3 Å². The fraction of sp³-hybridized carbons (Fsp3) is 0.381. The topological polar surface area (TPSA) is 87.5 Å².